The quantitative estimate of drug-likeness (QED) is 0.116. The maximum absolute atomic E-state index is 6.51. The maximum atomic E-state index is 6.51. The molecule has 0 bridgehead atoms. The molecular formula is C42H54N2O+2. The molecule has 0 amide bonds. The van der Waals surface area contributed by atoms with Crippen molar-refractivity contribution in [3.8, 4) is 22.3 Å². The van der Waals surface area contributed by atoms with E-state index in [0.29, 0.717) is 0 Å². The Morgan fingerprint density at radius 1 is 0.422 bits per heavy atom. The summed E-state index contributed by atoms with van der Waals surface area (Å²) in [5, 5.41) is 0. The van der Waals surface area contributed by atoms with E-state index in [9.17, 15) is 0 Å². The standard InChI is InChI=1S/C42H54N2O/c1-35-9-17-39(18-10-35)41-21-13-37(14-22-41)33-43(25-5-3-6-26-43)29-31-45-32-30-44(27-7-4-8-28-44)34-38-15-23-42(24-16-38)40-19-11-36(2)12-20-40/h9-24H,3-8,25-34H2,1-2H3/q+2. The Balaban J connectivity index is 1.03. The first kappa shape index (κ1) is 31.7. The highest BCUT2D eigenvalue weighted by molar-refractivity contribution is 5.64. The lowest BCUT2D eigenvalue weighted by Gasteiger charge is -2.42. The van der Waals surface area contributed by atoms with Crippen molar-refractivity contribution in [3.05, 3.63) is 119 Å². The van der Waals surface area contributed by atoms with E-state index < -0.39 is 0 Å². The zero-order valence-electron chi connectivity index (χ0n) is 27.9. The molecule has 0 N–H and O–H groups in total. The largest absolute Gasteiger partial charge is 0.370 e. The first-order chi connectivity index (χ1) is 22.0. The van der Waals surface area contributed by atoms with Gasteiger partial charge in [0.15, 0.2) is 0 Å². The molecule has 45 heavy (non-hydrogen) atoms. The highest BCUT2D eigenvalue weighted by atomic mass is 16.5. The molecule has 0 spiro atoms. The van der Waals surface area contributed by atoms with Gasteiger partial charge < -0.3 is 13.7 Å². The molecular weight excluding hydrogens is 548 g/mol. The summed E-state index contributed by atoms with van der Waals surface area (Å²) in [6.07, 6.45) is 8.10. The summed E-state index contributed by atoms with van der Waals surface area (Å²) in [4.78, 5) is 0. The van der Waals surface area contributed by atoms with Gasteiger partial charge in [-0.1, -0.05) is 108 Å². The van der Waals surface area contributed by atoms with E-state index in [2.05, 4.69) is 111 Å². The molecule has 0 saturated carbocycles. The molecule has 6 rings (SSSR count). The topological polar surface area (TPSA) is 9.23 Å². The molecule has 0 radical (unpaired) electrons. The average Bonchev–Trinajstić information content (AvgIpc) is 3.07. The van der Waals surface area contributed by atoms with E-state index >= 15 is 0 Å². The van der Waals surface area contributed by atoms with Gasteiger partial charge in [0, 0.05) is 11.1 Å². The van der Waals surface area contributed by atoms with Crippen molar-refractivity contribution in [1.29, 1.82) is 0 Å². The molecule has 0 aliphatic carbocycles. The minimum absolute atomic E-state index is 0.868. The first-order valence-electron chi connectivity index (χ1n) is 17.6. The number of ether oxygens (including phenoxy) is 1. The van der Waals surface area contributed by atoms with Crippen LogP contribution in [0.2, 0.25) is 0 Å². The van der Waals surface area contributed by atoms with Gasteiger partial charge in [-0.15, -0.1) is 0 Å². The fraction of sp³-hybridized carbons (Fsp3) is 0.429. The Hall–Kier alpha value is -3.24. The van der Waals surface area contributed by atoms with Crippen molar-refractivity contribution in [2.24, 2.45) is 0 Å². The van der Waals surface area contributed by atoms with Gasteiger partial charge in [-0.05, 0) is 74.6 Å². The Morgan fingerprint density at radius 2 is 0.733 bits per heavy atom. The average molecular weight is 603 g/mol. The van der Waals surface area contributed by atoms with Crippen molar-refractivity contribution in [2.75, 3.05) is 52.5 Å². The van der Waals surface area contributed by atoms with Crippen LogP contribution in [0.3, 0.4) is 0 Å². The molecule has 2 aliphatic rings. The van der Waals surface area contributed by atoms with Gasteiger partial charge in [-0.2, -0.15) is 0 Å². The second kappa shape index (κ2) is 14.9. The van der Waals surface area contributed by atoms with E-state index in [4.69, 9.17) is 4.74 Å². The monoisotopic (exact) mass is 602 g/mol. The lowest BCUT2D eigenvalue weighted by atomic mass is 10.0. The van der Waals surface area contributed by atoms with Gasteiger partial charge >= 0.3 is 0 Å². The fourth-order valence-electron chi connectivity index (χ4n) is 7.78. The van der Waals surface area contributed by atoms with E-state index in [1.54, 1.807) is 0 Å². The second-order valence-corrected chi connectivity index (χ2v) is 14.2. The molecule has 2 fully saturated rings. The zero-order valence-corrected chi connectivity index (χ0v) is 27.9. The molecule has 0 aromatic heterocycles. The number of hydrogen-bond donors (Lipinski definition) is 0. The molecule has 4 aromatic rings. The molecule has 236 valence electrons. The molecule has 2 heterocycles. The van der Waals surface area contributed by atoms with Crippen molar-refractivity contribution in [1.82, 2.24) is 0 Å². The van der Waals surface area contributed by atoms with Crippen LogP contribution in [0.5, 0.6) is 0 Å². The number of nitrogens with zero attached hydrogens (tertiary/aromatic N) is 2. The summed E-state index contributed by atoms with van der Waals surface area (Å²) >= 11 is 0. The molecule has 0 unspecified atom stereocenters. The fourth-order valence-corrected chi connectivity index (χ4v) is 7.78. The lowest BCUT2D eigenvalue weighted by molar-refractivity contribution is -0.948. The SMILES string of the molecule is Cc1ccc(-c2ccc(C[N+]3(CCOCC[N+]4(Cc5ccc(-c6ccc(C)cc6)cc5)CCCCC4)CCCCC3)cc2)cc1. The van der Waals surface area contributed by atoms with Crippen LogP contribution in [0.15, 0.2) is 97.1 Å². The highest BCUT2D eigenvalue weighted by Gasteiger charge is 2.32. The molecule has 2 aliphatic heterocycles. The van der Waals surface area contributed by atoms with Gasteiger partial charge in [-0.3, -0.25) is 0 Å². The smallest absolute Gasteiger partial charge is 0.104 e. The van der Waals surface area contributed by atoms with Crippen LogP contribution in [0, 0.1) is 13.8 Å². The second-order valence-electron chi connectivity index (χ2n) is 14.2. The first-order valence-corrected chi connectivity index (χ1v) is 17.6. The summed E-state index contributed by atoms with van der Waals surface area (Å²) in [6.45, 7) is 15.6. The number of rotatable bonds is 12. The Kier molecular flexibility index (Phi) is 10.5. The minimum atomic E-state index is 0.868. The van der Waals surface area contributed by atoms with E-state index in [0.717, 1.165) is 39.4 Å². The van der Waals surface area contributed by atoms with Crippen molar-refractivity contribution in [2.45, 2.75) is 65.5 Å². The third kappa shape index (κ3) is 8.52. The van der Waals surface area contributed by atoms with E-state index in [1.165, 1.54) is 118 Å². The van der Waals surface area contributed by atoms with Gasteiger partial charge in [0.2, 0.25) is 0 Å². The Labute approximate surface area is 272 Å². The lowest BCUT2D eigenvalue weighted by Crippen LogP contribution is -2.53. The number of benzene rings is 4. The van der Waals surface area contributed by atoms with Crippen LogP contribution in [0.1, 0.15) is 60.8 Å². The number of piperidine rings is 2. The van der Waals surface area contributed by atoms with Crippen molar-refractivity contribution in [3.63, 3.8) is 0 Å². The number of quaternary nitrogens is 2. The van der Waals surface area contributed by atoms with E-state index in [-0.39, 0.29) is 0 Å². The van der Waals surface area contributed by atoms with Gasteiger partial charge in [0.25, 0.3) is 0 Å². The number of likely N-dealkylation sites (tertiary alicyclic amines) is 2. The molecule has 3 heteroatoms. The minimum Gasteiger partial charge on any atom is -0.370 e. The number of hydrogen-bond acceptors (Lipinski definition) is 1. The summed E-state index contributed by atoms with van der Waals surface area (Å²) in [6, 6.07) is 36.5. The van der Waals surface area contributed by atoms with Crippen LogP contribution in [-0.2, 0) is 17.8 Å². The third-order valence-electron chi connectivity index (χ3n) is 10.7. The maximum Gasteiger partial charge on any atom is 0.104 e. The highest BCUT2D eigenvalue weighted by Crippen LogP contribution is 2.27. The summed E-state index contributed by atoms with van der Waals surface area (Å²) in [7, 11) is 0. The molecule has 3 nitrogen and oxygen atoms in total. The van der Waals surface area contributed by atoms with Crippen LogP contribution >= 0.6 is 0 Å². The van der Waals surface area contributed by atoms with Crippen molar-refractivity contribution < 1.29 is 13.7 Å². The van der Waals surface area contributed by atoms with Gasteiger partial charge in [0.05, 0.1) is 39.4 Å². The molecule has 4 aromatic carbocycles. The predicted octanol–water partition coefficient (Wildman–Crippen LogP) is 9.36. The summed E-state index contributed by atoms with van der Waals surface area (Å²) < 4.78 is 8.86. The predicted molar refractivity (Wildman–Crippen MR) is 189 cm³/mol. The Morgan fingerprint density at radius 3 is 1.07 bits per heavy atom. The summed E-state index contributed by atoms with van der Waals surface area (Å²) in [5.41, 5.74) is 10.8. The Bertz CT molecular complexity index is 1350. The van der Waals surface area contributed by atoms with E-state index in [1.807, 2.05) is 0 Å². The number of aryl methyl sites for hydroxylation is 2. The molecule has 0 atom stereocenters. The normalized spacial score (nSPS) is 17.6. The van der Waals surface area contributed by atoms with Gasteiger partial charge in [0.1, 0.15) is 26.2 Å². The zero-order chi connectivity index (χ0) is 31.0. The van der Waals surface area contributed by atoms with Crippen LogP contribution < -0.4 is 0 Å². The third-order valence-corrected chi connectivity index (χ3v) is 10.7. The molecule has 2 saturated heterocycles. The van der Waals surface area contributed by atoms with Crippen LogP contribution in [0.25, 0.3) is 22.3 Å². The summed E-state index contributed by atoms with van der Waals surface area (Å²) in [5.74, 6) is 0. The van der Waals surface area contributed by atoms with Gasteiger partial charge in [-0.25, -0.2) is 0 Å². The van der Waals surface area contributed by atoms with Crippen molar-refractivity contribution >= 4 is 0 Å². The van der Waals surface area contributed by atoms with Crippen LogP contribution in [0.4, 0.5) is 0 Å². The van der Waals surface area contributed by atoms with Crippen LogP contribution in [-0.4, -0.2) is 61.4 Å².